The van der Waals surface area contributed by atoms with Crippen molar-refractivity contribution in [1.29, 1.82) is 0 Å². The summed E-state index contributed by atoms with van der Waals surface area (Å²) in [6, 6.07) is 7.12. The van der Waals surface area contributed by atoms with E-state index in [4.69, 9.17) is 14.2 Å². The number of rotatable bonds is 6. The summed E-state index contributed by atoms with van der Waals surface area (Å²) in [6.45, 7) is 8.95. The third-order valence-corrected chi connectivity index (χ3v) is 4.41. The Kier molecular flexibility index (Phi) is 8.82. The lowest BCUT2D eigenvalue weighted by molar-refractivity contribution is 0.0542. The Morgan fingerprint density at radius 3 is 2.00 bits per heavy atom. The van der Waals surface area contributed by atoms with Crippen LogP contribution in [0.25, 0.3) is 11.3 Å². The molecule has 0 N–H and O–H groups in total. The standard InChI is InChI=1S/C22H28BrN3O6/c1-6-12-30-19(27)26(20(28)31-13-7-2)18-24-14-17(15-8-10-16(23)11-9-15)25(18)21(29)32-22(3,4)5/h8-11,14H,6-7,12-13H2,1-5H3. The monoisotopic (exact) mass is 509 g/mol. The van der Waals surface area contributed by atoms with Crippen molar-refractivity contribution in [3.63, 3.8) is 0 Å². The molecule has 0 bridgehead atoms. The number of aromatic nitrogens is 2. The van der Waals surface area contributed by atoms with E-state index in [0.717, 1.165) is 9.04 Å². The minimum absolute atomic E-state index is 0.0864. The van der Waals surface area contributed by atoms with E-state index in [9.17, 15) is 14.4 Å². The van der Waals surface area contributed by atoms with E-state index in [0.29, 0.717) is 29.0 Å². The highest BCUT2D eigenvalue weighted by molar-refractivity contribution is 9.10. The molecule has 0 spiro atoms. The van der Waals surface area contributed by atoms with Crippen LogP contribution in [0.1, 0.15) is 47.5 Å². The van der Waals surface area contributed by atoms with E-state index in [1.54, 1.807) is 45.0 Å². The Bertz CT molecular complexity index is 930. The van der Waals surface area contributed by atoms with Crippen molar-refractivity contribution < 1.29 is 28.6 Å². The Morgan fingerprint density at radius 1 is 1.00 bits per heavy atom. The van der Waals surface area contributed by atoms with Gasteiger partial charge in [-0.15, -0.1) is 4.90 Å². The summed E-state index contributed by atoms with van der Waals surface area (Å²) in [5.74, 6) is -0.278. The third kappa shape index (κ3) is 6.56. The number of hydrogen-bond acceptors (Lipinski definition) is 7. The molecule has 0 unspecified atom stereocenters. The highest BCUT2D eigenvalue weighted by Gasteiger charge is 2.35. The summed E-state index contributed by atoms with van der Waals surface area (Å²) < 4.78 is 17.7. The topological polar surface area (TPSA) is 100.0 Å². The molecule has 1 heterocycles. The molecule has 1 aromatic carbocycles. The minimum atomic E-state index is -0.995. The fourth-order valence-electron chi connectivity index (χ4n) is 2.56. The number of hydrogen-bond donors (Lipinski definition) is 0. The number of carbonyl (C=O) groups is 3. The van der Waals surface area contributed by atoms with Gasteiger partial charge in [0, 0.05) is 10.0 Å². The molecule has 0 aliphatic carbocycles. The van der Waals surface area contributed by atoms with Crippen LogP contribution in [-0.2, 0) is 14.2 Å². The van der Waals surface area contributed by atoms with Crippen LogP contribution >= 0.6 is 15.9 Å². The van der Waals surface area contributed by atoms with Crippen LogP contribution in [0.3, 0.4) is 0 Å². The van der Waals surface area contributed by atoms with Gasteiger partial charge in [-0.3, -0.25) is 0 Å². The van der Waals surface area contributed by atoms with Gasteiger partial charge in [0.1, 0.15) is 5.60 Å². The van der Waals surface area contributed by atoms with Crippen LogP contribution in [-0.4, -0.2) is 46.6 Å². The van der Waals surface area contributed by atoms with Gasteiger partial charge in [-0.1, -0.05) is 41.9 Å². The molecular formula is C22H28BrN3O6. The van der Waals surface area contributed by atoms with Crippen LogP contribution in [0.2, 0.25) is 0 Å². The molecule has 32 heavy (non-hydrogen) atoms. The van der Waals surface area contributed by atoms with Crippen LogP contribution in [0.5, 0.6) is 0 Å². The molecule has 0 saturated carbocycles. The molecule has 0 saturated heterocycles. The molecule has 2 amide bonds. The Hall–Kier alpha value is -2.88. The predicted molar refractivity (Wildman–Crippen MR) is 123 cm³/mol. The zero-order valence-electron chi connectivity index (χ0n) is 18.9. The van der Waals surface area contributed by atoms with Crippen molar-refractivity contribution in [2.24, 2.45) is 0 Å². The average Bonchev–Trinajstić information content (AvgIpc) is 3.14. The number of benzene rings is 1. The molecule has 174 valence electrons. The third-order valence-electron chi connectivity index (χ3n) is 3.88. The van der Waals surface area contributed by atoms with Gasteiger partial charge in [0.05, 0.1) is 25.1 Å². The summed E-state index contributed by atoms with van der Waals surface area (Å²) in [4.78, 5) is 43.4. The van der Waals surface area contributed by atoms with E-state index in [-0.39, 0.29) is 19.2 Å². The van der Waals surface area contributed by atoms with Gasteiger partial charge in [-0.25, -0.2) is 23.9 Å². The van der Waals surface area contributed by atoms with Crippen LogP contribution in [0.15, 0.2) is 34.9 Å². The number of anilines is 1. The van der Waals surface area contributed by atoms with Crippen molar-refractivity contribution in [2.45, 2.75) is 53.1 Å². The Morgan fingerprint density at radius 2 is 1.53 bits per heavy atom. The first-order valence-electron chi connectivity index (χ1n) is 10.3. The molecule has 9 nitrogen and oxygen atoms in total. The summed E-state index contributed by atoms with van der Waals surface area (Å²) in [6.07, 6.45) is -0.311. The number of carbonyl (C=O) groups excluding carboxylic acids is 3. The molecule has 2 rings (SSSR count). The van der Waals surface area contributed by atoms with E-state index in [1.165, 1.54) is 6.20 Å². The lowest BCUT2D eigenvalue weighted by atomic mass is 10.2. The van der Waals surface area contributed by atoms with Crippen molar-refractivity contribution in [3.05, 3.63) is 34.9 Å². The van der Waals surface area contributed by atoms with E-state index >= 15 is 0 Å². The van der Waals surface area contributed by atoms with Crippen molar-refractivity contribution in [2.75, 3.05) is 18.1 Å². The highest BCUT2D eigenvalue weighted by Crippen LogP contribution is 2.28. The first-order valence-corrected chi connectivity index (χ1v) is 11.1. The fraction of sp³-hybridized carbons (Fsp3) is 0.455. The second-order valence-corrected chi connectivity index (χ2v) is 8.75. The maximum absolute atomic E-state index is 13.1. The normalized spacial score (nSPS) is 11.1. The van der Waals surface area contributed by atoms with Gasteiger partial charge in [-0.05, 0) is 45.7 Å². The van der Waals surface area contributed by atoms with E-state index in [1.807, 2.05) is 13.8 Å². The van der Waals surface area contributed by atoms with Gasteiger partial charge >= 0.3 is 18.3 Å². The molecule has 1 aromatic heterocycles. The molecule has 10 heteroatoms. The van der Waals surface area contributed by atoms with Gasteiger partial charge in [0.15, 0.2) is 0 Å². The number of ether oxygens (including phenoxy) is 3. The first-order chi connectivity index (χ1) is 15.1. The SMILES string of the molecule is CCCOC(=O)N(C(=O)OCCC)c1ncc(-c2ccc(Br)cc2)n1C(=O)OC(C)(C)C. The summed E-state index contributed by atoms with van der Waals surface area (Å²) >= 11 is 3.38. The maximum Gasteiger partial charge on any atom is 0.426 e. The predicted octanol–water partition coefficient (Wildman–Crippen LogP) is 6.00. The fourth-order valence-corrected chi connectivity index (χ4v) is 2.82. The molecule has 0 atom stereocenters. The van der Waals surface area contributed by atoms with Gasteiger partial charge in [0.2, 0.25) is 5.95 Å². The maximum atomic E-state index is 13.1. The molecule has 0 fully saturated rings. The average molecular weight is 510 g/mol. The number of imidazole rings is 1. The molecule has 2 aromatic rings. The zero-order valence-corrected chi connectivity index (χ0v) is 20.5. The molecule has 0 radical (unpaired) electrons. The molecule has 0 aliphatic heterocycles. The zero-order chi connectivity index (χ0) is 23.9. The second kappa shape index (κ2) is 11.1. The van der Waals surface area contributed by atoms with Gasteiger partial charge in [-0.2, -0.15) is 0 Å². The quantitative estimate of drug-likeness (QED) is 0.440. The van der Waals surface area contributed by atoms with Crippen molar-refractivity contribution in [1.82, 2.24) is 9.55 Å². The number of halogens is 1. The first kappa shape index (κ1) is 25.4. The minimum Gasteiger partial charge on any atom is -0.449 e. The Balaban J connectivity index is 2.63. The lowest BCUT2D eigenvalue weighted by Gasteiger charge is -2.23. The largest absolute Gasteiger partial charge is 0.449 e. The summed E-state index contributed by atoms with van der Waals surface area (Å²) in [5.41, 5.74) is 0.131. The number of imide groups is 1. The van der Waals surface area contributed by atoms with E-state index < -0.39 is 23.9 Å². The van der Waals surface area contributed by atoms with Crippen molar-refractivity contribution in [3.8, 4) is 11.3 Å². The number of nitrogens with zero attached hydrogens (tertiary/aromatic N) is 3. The molecule has 0 aliphatic rings. The van der Waals surface area contributed by atoms with Crippen molar-refractivity contribution >= 4 is 40.2 Å². The summed E-state index contributed by atoms with van der Waals surface area (Å²) in [5, 5.41) is 0. The second-order valence-electron chi connectivity index (χ2n) is 7.83. The van der Waals surface area contributed by atoms with Gasteiger partial charge < -0.3 is 14.2 Å². The van der Waals surface area contributed by atoms with Gasteiger partial charge in [0.25, 0.3) is 0 Å². The van der Waals surface area contributed by atoms with Crippen LogP contribution in [0.4, 0.5) is 20.3 Å². The Labute approximate surface area is 195 Å². The highest BCUT2D eigenvalue weighted by atomic mass is 79.9. The van der Waals surface area contributed by atoms with Crippen LogP contribution < -0.4 is 4.90 Å². The smallest absolute Gasteiger partial charge is 0.426 e. The van der Waals surface area contributed by atoms with Crippen LogP contribution in [0, 0.1) is 0 Å². The number of amides is 2. The lowest BCUT2D eigenvalue weighted by Crippen LogP contribution is -2.41. The molecular weight excluding hydrogens is 482 g/mol. The van der Waals surface area contributed by atoms with E-state index in [2.05, 4.69) is 20.9 Å². The summed E-state index contributed by atoms with van der Waals surface area (Å²) in [7, 11) is 0.